The Kier molecular flexibility index (Phi) is 4.81. The van der Waals surface area contributed by atoms with E-state index in [1.54, 1.807) is 0 Å². The fourth-order valence-corrected chi connectivity index (χ4v) is 2.70. The van der Waals surface area contributed by atoms with Gasteiger partial charge >= 0.3 is 0 Å². The maximum Gasteiger partial charge on any atom is 0.0553 e. The number of aliphatic hydroxyl groups is 2. The predicted molar refractivity (Wildman–Crippen MR) is 82.2 cm³/mol. The van der Waals surface area contributed by atoms with E-state index in [-0.39, 0.29) is 13.2 Å². The number of aliphatic hydroxyl groups excluding tert-OH is 2. The molecule has 3 heteroatoms. The van der Waals surface area contributed by atoms with Gasteiger partial charge in [-0.15, -0.1) is 0 Å². The molecule has 0 aromatic heterocycles. The number of halogens is 1. The molecule has 0 aliphatic heterocycles. The summed E-state index contributed by atoms with van der Waals surface area (Å²) in [7, 11) is 0. The molecule has 0 spiro atoms. The summed E-state index contributed by atoms with van der Waals surface area (Å²) < 4.78 is 0. The molecule has 0 bridgehead atoms. The van der Waals surface area contributed by atoms with E-state index in [9.17, 15) is 10.2 Å². The summed E-state index contributed by atoms with van der Waals surface area (Å²) in [6.07, 6.45) is 0.503. The molecular weight excluding hydrogens is 272 g/mol. The van der Waals surface area contributed by atoms with Crippen LogP contribution in [0.4, 0.5) is 0 Å². The number of aryl methyl sites for hydroxylation is 1. The van der Waals surface area contributed by atoms with Crippen LogP contribution in [0.5, 0.6) is 0 Å². The summed E-state index contributed by atoms with van der Waals surface area (Å²) in [6.45, 7) is 1.73. The summed E-state index contributed by atoms with van der Waals surface area (Å²) >= 11 is 6.27. The fourth-order valence-electron chi connectivity index (χ4n) is 2.40. The molecule has 0 heterocycles. The first kappa shape index (κ1) is 15.0. The molecular formula is C17H19ClO2. The van der Waals surface area contributed by atoms with Crippen molar-refractivity contribution >= 4 is 11.6 Å². The zero-order valence-electron chi connectivity index (χ0n) is 11.5. The lowest BCUT2D eigenvalue weighted by atomic mass is 9.77. The average molecular weight is 291 g/mol. The minimum Gasteiger partial charge on any atom is -0.395 e. The minimum absolute atomic E-state index is 0.127. The summed E-state index contributed by atoms with van der Waals surface area (Å²) in [5, 5.41) is 20.3. The topological polar surface area (TPSA) is 40.5 Å². The number of rotatable bonds is 5. The van der Waals surface area contributed by atoms with Gasteiger partial charge in [0.2, 0.25) is 0 Å². The molecule has 2 N–H and O–H groups in total. The van der Waals surface area contributed by atoms with Gasteiger partial charge in [-0.25, -0.2) is 0 Å². The van der Waals surface area contributed by atoms with E-state index >= 15 is 0 Å². The first-order chi connectivity index (χ1) is 9.61. The third-order valence-electron chi connectivity index (χ3n) is 3.73. The van der Waals surface area contributed by atoms with E-state index in [0.717, 1.165) is 16.7 Å². The van der Waals surface area contributed by atoms with Crippen molar-refractivity contribution in [1.29, 1.82) is 0 Å². The van der Waals surface area contributed by atoms with Gasteiger partial charge in [0, 0.05) is 10.4 Å². The van der Waals surface area contributed by atoms with Crippen LogP contribution in [0.1, 0.15) is 16.7 Å². The Morgan fingerprint density at radius 2 is 1.65 bits per heavy atom. The summed E-state index contributed by atoms with van der Waals surface area (Å²) in [5.41, 5.74) is 2.24. The van der Waals surface area contributed by atoms with E-state index in [0.29, 0.717) is 11.4 Å². The monoisotopic (exact) mass is 290 g/mol. The first-order valence-electron chi connectivity index (χ1n) is 6.63. The fraction of sp³-hybridized carbons (Fsp3) is 0.294. The maximum atomic E-state index is 9.83. The number of hydrogen-bond donors (Lipinski definition) is 2. The van der Waals surface area contributed by atoms with Crippen LogP contribution in [0.2, 0.25) is 5.02 Å². The van der Waals surface area contributed by atoms with E-state index in [1.165, 1.54) is 0 Å². The SMILES string of the molecule is Cc1ccc(CC(CO)(CO)c2ccccc2)c(Cl)c1. The molecule has 0 fully saturated rings. The molecule has 0 saturated heterocycles. The lowest BCUT2D eigenvalue weighted by Gasteiger charge is -2.31. The van der Waals surface area contributed by atoms with Gasteiger partial charge in [-0.3, -0.25) is 0 Å². The van der Waals surface area contributed by atoms with Crippen molar-refractivity contribution < 1.29 is 10.2 Å². The molecule has 2 aromatic rings. The maximum absolute atomic E-state index is 9.83. The molecule has 106 valence electrons. The van der Waals surface area contributed by atoms with Crippen LogP contribution in [0, 0.1) is 6.92 Å². The lowest BCUT2D eigenvalue weighted by molar-refractivity contribution is 0.116. The van der Waals surface area contributed by atoms with Crippen molar-refractivity contribution in [2.45, 2.75) is 18.8 Å². The minimum atomic E-state index is -0.708. The standard InChI is InChI=1S/C17H19ClO2/c1-13-7-8-14(16(18)9-13)10-17(11-19,12-20)15-5-3-2-4-6-15/h2-9,19-20H,10-12H2,1H3. The molecule has 20 heavy (non-hydrogen) atoms. The molecule has 0 aliphatic rings. The molecule has 0 atom stereocenters. The van der Waals surface area contributed by atoms with E-state index in [2.05, 4.69) is 0 Å². The highest BCUT2D eigenvalue weighted by Gasteiger charge is 2.31. The van der Waals surface area contributed by atoms with Crippen molar-refractivity contribution in [1.82, 2.24) is 0 Å². The van der Waals surface area contributed by atoms with Gasteiger partial charge in [0.25, 0.3) is 0 Å². The predicted octanol–water partition coefficient (Wildman–Crippen LogP) is 3.11. The molecule has 0 aliphatic carbocycles. The molecule has 2 rings (SSSR count). The third kappa shape index (κ3) is 3.04. The Bertz CT molecular complexity index is 562. The van der Waals surface area contributed by atoms with Crippen molar-refractivity contribution in [3.8, 4) is 0 Å². The van der Waals surface area contributed by atoms with E-state index in [4.69, 9.17) is 11.6 Å². The van der Waals surface area contributed by atoms with Gasteiger partial charge in [0.05, 0.1) is 13.2 Å². The quantitative estimate of drug-likeness (QED) is 0.888. The van der Waals surface area contributed by atoms with Gasteiger partial charge < -0.3 is 10.2 Å². The van der Waals surface area contributed by atoms with Crippen LogP contribution in [-0.4, -0.2) is 23.4 Å². The van der Waals surface area contributed by atoms with Crippen LogP contribution >= 0.6 is 11.6 Å². The van der Waals surface area contributed by atoms with Crippen LogP contribution in [0.25, 0.3) is 0 Å². The highest BCUT2D eigenvalue weighted by Crippen LogP contribution is 2.31. The van der Waals surface area contributed by atoms with Crippen molar-refractivity contribution in [3.63, 3.8) is 0 Å². The zero-order chi connectivity index (χ0) is 14.6. The highest BCUT2D eigenvalue weighted by molar-refractivity contribution is 6.31. The lowest BCUT2D eigenvalue weighted by Crippen LogP contribution is -2.37. The third-order valence-corrected chi connectivity index (χ3v) is 4.08. The number of hydrogen-bond acceptors (Lipinski definition) is 2. The van der Waals surface area contributed by atoms with Gasteiger partial charge in [-0.1, -0.05) is 54.1 Å². The largest absolute Gasteiger partial charge is 0.395 e. The molecule has 0 radical (unpaired) electrons. The second-order valence-corrected chi connectivity index (χ2v) is 5.64. The second-order valence-electron chi connectivity index (χ2n) is 5.23. The van der Waals surface area contributed by atoms with Gasteiger partial charge in [-0.05, 0) is 36.1 Å². The van der Waals surface area contributed by atoms with E-state index < -0.39 is 5.41 Å². The van der Waals surface area contributed by atoms with Gasteiger partial charge in [-0.2, -0.15) is 0 Å². The molecule has 2 aromatic carbocycles. The van der Waals surface area contributed by atoms with Crippen LogP contribution < -0.4 is 0 Å². The molecule has 0 saturated carbocycles. The Hall–Kier alpha value is -1.35. The molecule has 0 amide bonds. The number of benzene rings is 2. The Balaban J connectivity index is 2.39. The normalized spacial score (nSPS) is 11.6. The highest BCUT2D eigenvalue weighted by atomic mass is 35.5. The first-order valence-corrected chi connectivity index (χ1v) is 7.01. The summed E-state index contributed by atoms with van der Waals surface area (Å²) in [4.78, 5) is 0. The second kappa shape index (κ2) is 6.40. The Morgan fingerprint density at radius 1 is 1.00 bits per heavy atom. The van der Waals surface area contributed by atoms with Crippen LogP contribution in [0.15, 0.2) is 48.5 Å². The average Bonchev–Trinajstić information content (AvgIpc) is 2.48. The van der Waals surface area contributed by atoms with Crippen LogP contribution in [0.3, 0.4) is 0 Å². The molecule has 2 nitrogen and oxygen atoms in total. The Morgan fingerprint density at radius 3 is 2.20 bits per heavy atom. The zero-order valence-corrected chi connectivity index (χ0v) is 12.3. The van der Waals surface area contributed by atoms with Gasteiger partial charge in [0.15, 0.2) is 0 Å². The summed E-state index contributed by atoms with van der Waals surface area (Å²) in [6, 6.07) is 15.4. The van der Waals surface area contributed by atoms with Gasteiger partial charge in [0.1, 0.15) is 0 Å². The Labute approximate surface area is 124 Å². The van der Waals surface area contributed by atoms with E-state index in [1.807, 2.05) is 55.5 Å². The van der Waals surface area contributed by atoms with Crippen molar-refractivity contribution in [3.05, 3.63) is 70.2 Å². The van der Waals surface area contributed by atoms with Crippen LogP contribution in [-0.2, 0) is 11.8 Å². The van der Waals surface area contributed by atoms with Crippen molar-refractivity contribution in [2.24, 2.45) is 0 Å². The van der Waals surface area contributed by atoms with Crippen molar-refractivity contribution in [2.75, 3.05) is 13.2 Å². The summed E-state index contributed by atoms with van der Waals surface area (Å²) in [5.74, 6) is 0. The smallest absolute Gasteiger partial charge is 0.0553 e. The molecule has 0 unspecified atom stereocenters.